The summed E-state index contributed by atoms with van der Waals surface area (Å²) in [7, 11) is 0. The standard InChI is InChI=1S/C17H33N3O3S/c1-12(2)15(18-13(3)22)10-20-8-5-6-16(20)17(23)19-14(11-21)7-9-24-4/h12,14-16,21H,5-11H2,1-4H3,(H,18,22)(H,19,23). The van der Waals surface area contributed by atoms with Crippen LogP contribution < -0.4 is 10.6 Å². The molecular formula is C17H33N3O3S. The van der Waals surface area contributed by atoms with Crippen molar-refractivity contribution < 1.29 is 14.7 Å². The van der Waals surface area contributed by atoms with Gasteiger partial charge in [0.2, 0.25) is 11.8 Å². The molecule has 0 saturated carbocycles. The molecule has 6 nitrogen and oxygen atoms in total. The monoisotopic (exact) mass is 359 g/mol. The van der Waals surface area contributed by atoms with Crippen molar-refractivity contribution in [2.45, 2.75) is 58.2 Å². The fraction of sp³-hybridized carbons (Fsp3) is 0.882. The Morgan fingerprint density at radius 3 is 2.58 bits per heavy atom. The first-order valence-corrected chi connectivity index (χ1v) is 10.2. The quantitative estimate of drug-likeness (QED) is 0.539. The van der Waals surface area contributed by atoms with Gasteiger partial charge in [-0.25, -0.2) is 0 Å². The predicted octanol–water partition coefficient (Wildman–Crippen LogP) is 0.842. The molecule has 0 aromatic rings. The van der Waals surface area contributed by atoms with Crippen molar-refractivity contribution in [1.29, 1.82) is 0 Å². The van der Waals surface area contributed by atoms with Crippen LogP contribution in [0.5, 0.6) is 0 Å². The van der Waals surface area contributed by atoms with E-state index in [2.05, 4.69) is 29.4 Å². The van der Waals surface area contributed by atoms with Crippen LogP contribution in [0, 0.1) is 5.92 Å². The number of nitrogens with zero attached hydrogens (tertiary/aromatic N) is 1. The summed E-state index contributed by atoms with van der Waals surface area (Å²) in [6.07, 6.45) is 4.61. The number of rotatable bonds is 10. The van der Waals surface area contributed by atoms with E-state index in [1.54, 1.807) is 11.8 Å². The molecule has 1 aliphatic heterocycles. The maximum atomic E-state index is 12.6. The molecule has 0 radical (unpaired) electrons. The molecule has 0 bridgehead atoms. The fourth-order valence-electron chi connectivity index (χ4n) is 3.05. The van der Waals surface area contributed by atoms with Crippen LogP contribution >= 0.6 is 11.8 Å². The van der Waals surface area contributed by atoms with Gasteiger partial charge in [0.15, 0.2) is 0 Å². The third kappa shape index (κ3) is 6.99. The summed E-state index contributed by atoms with van der Waals surface area (Å²) in [4.78, 5) is 26.2. The zero-order valence-corrected chi connectivity index (χ0v) is 16.2. The molecule has 3 N–H and O–H groups in total. The maximum Gasteiger partial charge on any atom is 0.237 e. The molecule has 7 heteroatoms. The molecule has 1 saturated heterocycles. The van der Waals surface area contributed by atoms with Gasteiger partial charge < -0.3 is 15.7 Å². The smallest absolute Gasteiger partial charge is 0.237 e. The molecule has 3 unspecified atom stereocenters. The van der Waals surface area contributed by atoms with Crippen molar-refractivity contribution in [3.63, 3.8) is 0 Å². The second-order valence-corrected chi connectivity index (χ2v) is 7.86. The second kappa shape index (κ2) is 10.9. The highest BCUT2D eigenvalue weighted by atomic mass is 32.2. The lowest BCUT2D eigenvalue weighted by molar-refractivity contribution is -0.126. The molecule has 1 aliphatic rings. The highest BCUT2D eigenvalue weighted by molar-refractivity contribution is 7.98. The average molecular weight is 360 g/mol. The lowest BCUT2D eigenvalue weighted by atomic mass is 10.0. The summed E-state index contributed by atoms with van der Waals surface area (Å²) in [6, 6.07) is -0.298. The summed E-state index contributed by atoms with van der Waals surface area (Å²) in [6.45, 7) is 7.21. The first-order valence-electron chi connectivity index (χ1n) is 8.80. The normalized spacial score (nSPS) is 20.8. The SMILES string of the molecule is CSCCC(CO)NC(=O)C1CCCN1CC(NC(C)=O)C(C)C. The number of carbonyl (C=O) groups excluding carboxylic acids is 2. The van der Waals surface area contributed by atoms with Crippen LogP contribution in [0.25, 0.3) is 0 Å². The Kier molecular flexibility index (Phi) is 9.69. The van der Waals surface area contributed by atoms with Gasteiger partial charge in [-0.3, -0.25) is 14.5 Å². The zero-order chi connectivity index (χ0) is 18.1. The average Bonchev–Trinajstić information content (AvgIpc) is 2.98. The number of likely N-dealkylation sites (tertiary alicyclic amines) is 1. The summed E-state index contributed by atoms with van der Waals surface area (Å²) in [5.41, 5.74) is 0. The third-order valence-corrected chi connectivity index (χ3v) is 5.17. The minimum atomic E-state index is -0.177. The number of carbonyl (C=O) groups is 2. The predicted molar refractivity (Wildman–Crippen MR) is 99.1 cm³/mol. The number of hydrogen-bond acceptors (Lipinski definition) is 5. The van der Waals surface area contributed by atoms with Crippen molar-refractivity contribution >= 4 is 23.6 Å². The molecule has 2 amide bonds. The van der Waals surface area contributed by atoms with Gasteiger partial charge in [-0.2, -0.15) is 11.8 Å². The number of hydrogen-bond donors (Lipinski definition) is 3. The van der Waals surface area contributed by atoms with E-state index in [4.69, 9.17) is 0 Å². The van der Waals surface area contributed by atoms with E-state index in [0.29, 0.717) is 12.5 Å². The molecule has 3 atom stereocenters. The third-order valence-electron chi connectivity index (χ3n) is 4.53. The van der Waals surface area contributed by atoms with Crippen molar-refractivity contribution in [3.05, 3.63) is 0 Å². The molecule has 0 spiro atoms. The minimum absolute atomic E-state index is 0.00187. The molecule has 140 valence electrons. The molecule has 0 aromatic heterocycles. The van der Waals surface area contributed by atoms with Gasteiger partial charge in [-0.15, -0.1) is 0 Å². The van der Waals surface area contributed by atoms with Gasteiger partial charge in [0.1, 0.15) is 0 Å². The minimum Gasteiger partial charge on any atom is -0.394 e. The van der Waals surface area contributed by atoms with Crippen LogP contribution in [-0.4, -0.2) is 71.7 Å². The maximum absolute atomic E-state index is 12.6. The van der Waals surface area contributed by atoms with E-state index in [0.717, 1.165) is 31.6 Å². The lowest BCUT2D eigenvalue weighted by Crippen LogP contribution is -2.52. The van der Waals surface area contributed by atoms with E-state index in [-0.39, 0.29) is 36.5 Å². The van der Waals surface area contributed by atoms with E-state index < -0.39 is 0 Å². The topological polar surface area (TPSA) is 81.7 Å². The van der Waals surface area contributed by atoms with E-state index in [9.17, 15) is 14.7 Å². The molecule has 1 rings (SSSR count). The van der Waals surface area contributed by atoms with E-state index in [1.807, 2.05) is 6.26 Å². The summed E-state index contributed by atoms with van der Waals surface area (Å²) in [5, 5.41) is 15.4. The summed E-state index contributed by atoms with van der Waals surface area (Å²) in [5.74, 6) is 1.19. The van der Waals surface area contributed by atoms with Crippen molar-refractivity contribution in [3.8, 4) is 0 Å². The van der Waals surface area contributed by atoms with Crippen molar-refractivity contribution in [1.82, 2.24) is 15.5 Å². The van der Waals surface area contributed by atoms with Gasteiger partial charge in [0.05, 0.1) is 18.7 Å². The van der Waals surface area contributed by atoms with Crippen molar-refractivity contribution in [2.75, 3.05) is 31.7 Å². The second-order valence-electron chi connectivity index (χ2n) is 6.87. The van der Waals surface area contributed by atoms with Gasteiger partial charge >= 0.3 is 0 Å². The Bertz CT molecular complexity index is 407. The Hall–Kier alpha value is -0.790. The van der Waals surface area contributed by atoms with Crippen LogP contribution in [0.2, 0.25) is 0 Å². The van der Waals surface area contributed by atoms with Crippen LogP contribution in [0.1, 0.15) is 40.0 Å². The molecule has 24 heavy (non-hydrogen) atoms. The number of aliphatic hydroxyl groups excluding tert-OH is 1. The lowest BCUT2D eigenvalue weighted by Gasteiger charge is -2.31. The Morgan fingerprint density at radius 2 is 2.04 bits per heavy atom. The van der Waals surface area contributed by atoms with E-state index >= 15 is 0 Å². The van der Waals surface area contributed by atoms with Gasteiger partial charge in [0.25, 0.3) is 0 Å². The van der Waals surface area contributed by atoms with Gasteiger partial charge in [0, 0.05) is 19.5 Å². The molecule has 0 aliphatic carbocycles. The van der Waals surface area contributed by atoms with Crippen LogP contribution in [-0.2, 0) is 9.59 Å². The Morgan fingerprint density at radius 1 is 1.33 bits per heavy atom. The first-order chi connectivity index (χ1) is 11.4. The highest BCUT2D eigenvalue weighted by Crippen LogP contribution is 2.19. The molecule has 1 heterocycles. The summed E-state index contributed by atoms with van der Waals surface area (Å²) >= 11 is 1.71. The van der Waals surface area contributed by atoms with Crippen molar-refractivity contribution in [2.24, 2.45) is 5.92 Å². The number of aliphatic hydroxyl groups is 1. The largest absolute Gasteiger partial charge is 0.394 e. The van der Waals surface area contributed by atoms with Gasteiger partial charge in [-0.05, 0) is 43.7 Å². The number of nitrogens with one attached hydrogen (secondary N) is 2. The zero-order valence-electron chi connectivity index (χ0n) is 15.4. The highest BCUT2D eigenvalue weighted by Gasteiger charge is 2.33. The number of thioether (sulfide) groups is 1. The van der Waals surface area contributed by atoms with Crippen LogP contribution in [0.3, 0.4) is 0 Å². The Balaban J connectivity index is 2.62. The van der Waals surface area contributed by atoms with Crippen LogP contribution in [0.4, 0.5) is 0 Å². The van der Waals surface area contributed by atoms with E-state index in [1.165, 1.54) is 6.92 Å². The molecule has 1 fully saturated rings. The number of amides is 2. The fourth-order valence-corrected chi connectivity index (χ4v) is 3.57. The first kappa shape index (κ1) is 21.3. The molecular weight excluding hydrogens is 326 g/mol. The summed E-state index contributed by atoms with van der Waals surface area (Å²) < 4.78 is 0. The van der Waals surface area contributed by atoms with Crippen LogP contribution in [0.15, 0.2) is 0 Å². The molecule has 0 aromatic carbocycles. The Labute approximate surface area is 150 Å². The van der Waals surface area contributed by atoms with Gasteiger partial charge in [-0.1, -0.05) is 13.8 Å².